The molecule has 0 heterocycles. The van der Waals surface area contributed by atoms with E-state index in [0.717, 1.165) is 167 Å². The molecule has 0 aliphatic rings. The zero-order valence-electron chi connectivity index (χ0n) is 65.3. The highest BCUT2D eigenvalue weighted by molar-refractivity contribution is 7.47. The first-order chi connectivity index (χ1) is 51.7. The van der Waals surface area contributed by atoms with Crippen LogP contribution in [0.4, 0.5) is 0 Å². The molecule has 0 fully saturated rings. The molecule has 19 heteroatoms. The molecule has 106 heavy (non-hydrogen) atoms. The number of rotatable bonds is 72. The second-order valence-corrected chi connectivity index (χ2v) is 28.4. The predicted octanol–water partition coefficient (Wildman–Crippen LogP) is 23.3. The van der Waals surface area contributed by atoms with Crippen LogP contribution in [-0.2, 0) is 65.4 Å². The lowest BCUT2D eigenvalue weighted by atomic mass is 10.1. The van der Waals surface area contributed by atoms with Crippen LogP contribution in [0.2, 0.25) is 0 Å². The van der Waals surface area contributed by atoms with E-state index in [1.54, 1.807) is 6.08 Å². The van der Waals surface area contributed by atoms with E-state index in [1.165, 1.54) is 25.7 Å². The molecular weight excluding hydrogens is 1380 g/mol. The fraction of sp³-hybridized carbons (Fsp3) is 0.586. The number of hydrogen-bond acceptors (Lipinski definition) is 15. The molecule has 0 aromatic heterocycles. The summed E-state index contributed by atoms with van der Waals surface area (Å²) in [5, 5.41) is 10.6. The quantitative estimate of drug-likeness (QED) is 0.0169. The van der Waals surface area contributed by atoms with Crippen molar-refractivity contribution in [2.45, 2.75) is 290 Å². The maximum absolute atomic E-state index is 13.1. The Hall–Kier alpha value is -6.10. The van der Waals surface area contributed by atoms with Gasteiger partial charge in [-0.3, -0.25) is 37.3 Å². The molecule has 5 unspecified atom stereocenters. The Morgan fingerprint density at radius 2 is 0.528 bits per heavy atom. The number of esters is 4. The molecule has 0 aromatic rings. The van der Waals surface area contributed by atoms with Crippen molar-refractivity contribution in [2.24, 2.45) is 0 Å². The van der Waals surface area contributed by atoms with Crippen molar-refractivity contribution in [1.82, 2.24) is 0 Å². The van der Waals surface area contributed by atoms with Gasteiger partial charge in [0.2, 0.25) is 0 Å². The van der Waals surface area contributed by atoms with Crippen LogP contribution in [0.1, 0.15) is 272 Å². The van der Waals surface area contributed by atoms with Crippen molar-refractivity contribution >= 4 is 39.5 Å². The Morgan fingerprint density at radius 3 is 0.858 bits per heavy atom. The van der Waals surface area contributed by atoms with Gasteiger partial charge in [-0.15, -0.1) is 0 Å². The van der Waals surface area contributed by atoms with Crippen LogP contribution in [0, 0.1) is 0 Å². The summed E-state index contributed by atoms with van der Waals surface area (Å²) in [7, 11) is -10.0. The largest absolute Gasteiger partial charge is 0.472 e. The van der Waals surface area contributed by atoms with Crippen LogP contribution < -0.4 is 0 Å². The van der Waals surface area contributed by atoms with Crippen molar-refractivity contribution in [3.63, 3.8) is 0 Å². The number of carbonyl (C=O) groups excluding carboxylic acids is 4. The summed E-state index contributed by atoms with van der Waals surface area (Å²) in [6.07, 6.45) is 94.5. The second-order valence-electron chi connectivity index (χ2n) is 25.5. The molecule has 0 aromatic carbocycles. The third-order valence-corrected chi connectivity index (χ3v) is 17.5. The lowest BCUT2D eigenvalue weighted by Crippen LogP contribution is -2.30. The third kappa shape index (κ3) is 76.1. The van der Waals surface area contributed by atoms with E-state index in [0.29, 0.717) is 25.7 Å². The van der Waals surface area contributed by atoms with Crippen LogP contribution in [0.5, 0.6) is 0 Å². The van der Waals surface area contributed by atoms with Gasteiger partial charge in [0.25, 0.3) is 0 Å². The molecule has 17 nitrogen and oxygen atoms in total. The fourth-order valence-corrected chi connectivity index (χ4v) is 11.2. The summed E-state index contributed by atoms with van der Waals surface area (Å²) in [6, 6.07) is 0. The summed E-state index contributed by atoms with van der Waals surface area (Å²) >= 11 is 0. The molecule has 598 valence electrons. The Kier molecular flexibility index (Phi) is 72.6. The standard InChI is InChI=1S/C87H138O17P2/c1-5-9-13-17-21-25-29-33-36-38-40-42-45-49-52-56-60-64-68-72-85(90)98-78-83(104-87(92)74-70-66-62-58-54-50-46-43-41-39-37-34-30-26-22-18-14-10-6-2)80-102-106(95,96)100-76-81(88)75-99-105(93,94)101-79-82(103-86(91)73-69-65-61-57-53-47-32-28-24-20-16-12-8-4)77-97-84(89)71-67-63-59-55-51-48-44-35-31-27-23-19-15-11-7-3/h9-11,13-15,21-23,25-28,32-37,40-44,49-52,54-55,63,67,81-83,88H,5-8,12,16-20,24,29-31,38-39,45-48,53,56-62,64-66,68-80H2,1-4H3,(H,93,94)(H,95,96)/b13-9-,14-10-,15-11-,25-21-,26-22-,27-23-,32-28-,36-33-,37-34-,42-40-,43-41-,44-35-,52-49-,54-50-,55-51-,67-63-. The van der Waals surface area contributed by atoms with Gasteiger partial charge in [-0.05, 0) is 167 Å². The molecule has 0 aliphatic carbocycles. The highest BCUT2D eigenvalue weighted by Gasteiger charge is 2.30. The van der Waals surface area contributed by atoms with E-state index in [9.17, 15) is 43.2 Å². The van der Waals surface area contributed by atoms with Gasteiger partial charge in [0.05, 0.1) is 32.8 Å². The highest BCUT2D eigenvalue weighted by atomic mass is 31.2. The summed E-state index contributed by atoms with van der Waals surface area (Å²) in [5.74, 6) is -2.43. The van der Waals surface area contributed by atoms with E-state index in [-0.39, 0.29) is 25.7 Å². The zero-order valence-corrected chi connectivity index (χ0v) is 67.1. The molecule has 0 spiro atoms. The van der Waals surface area contributed by atoms with Gasteiger partial charge in [-0.25, -0.2) is 9.13 Å². The van der Waals surface area contributed by atoms with Gasteiger partial charge in [-0.1, -0.05) is 273 Å². The molecule has 0 radical (unpaired) electrons. The van der Waals surface area contributed by atoms with Crippen LogP contribution in [-0.4, -0.2) is 96.7 Å². The number of allylic oxidation sites excluding steroid dienone is 31. The van der Waals surface area contributed by atoms with Crippen molar-refractivity contribution in [2.75, 3.05) is 39.6 Å². The Balaban J connectivity index is 5.52. The molecule has 3 N–H and O–H groups in total. The van der Waals surface area contributed by atoms with Crippen molar-refractivity contribution in [1.29, 1.82) is 0 Å². The van der Waals surface area contributed by atoms with Crippen LogP contribution in [0.25, 0.3) is 0 Å². The molecule has 0 saturated carbocycles. The van der Waals surface area contributed by atoms with Gasteiger partial charge in [0.1, 0.15) is 19.3 Å². The lowest BCUT2D eigenvalue weighted by Gasteiger charge is -2.21. The van der Waals surface area contributed by atoms with Gasteiger partial charge in [-0.2, -0.15) is 0 Å². The molecule has 0 aliphatic heterocycles. The summed E-state index contributed by atoms with van der Waals surface area (Å²) in [4.78, 5) is 73.0. The number of hydrogen-bond donors (Lipinski definition) is 3. The minimum absolute atomic E-state index is 0.0374. The van der Waals surface area contributed by atoms with E-state index < -0.39 is 97.5 Å². The smallest absolute Gasteiger partial charge is 0.462 e. The molecular formula is C87H138O17P2. The number of phosphoric ester groups is 2. The fourth-order valence-electron chi connectivity index (χ4n) is 9.63. The Labute approximate surface area is 640 Å². The van der Waals surface area contributed by atoms with Crippen LogP contribution in [0.3, 0.4) is 0 Å². The maximum atomic E-state index is 13.1. The lowest BCUT2D eigenvalue weighted by molar-refractivity contribution is -0.161. The minimum Gasteiger partial charge on any atom is -0.462 e. The number of ether oxygens (including phenoxy) is 4. The van der Waals surface area contributed by atoms with Crippen molar-refractivity contribution < 1.29 is 80.2 Å². The summed E-state index contributed by atoms with van der Waals surface area (Å²) in [6.45, 7) is 4.28. The third-order valence-electron chi connectivity index (χ3n) is 15.6. The predicted molar refractivity (Wildman–Crippen MR) is 436 cm³/mol. The molecule has 5 atom stereocenters. The van der Waals surface area contributed by atoms with Crippen molar-refractivity contribution in [3.05, 3.63) is 194 Å². The Morgan fingerprint density at radius 1 is 0.283 bits per heavy atom. The zero-order chi connectivity index (χ0) is 77.4. The topological polar surface area (TPSA) is 237 Å². The first-order valence-electron chi connectivity index (χ1n) is 39.7. The van der Waals surface area contributed by atoms with Crippen molar-refractivity contribution in [3.8, 4) is 0 Å². The van der Waals surface area contributed by atoms with E-state index in [4.69, 9.17) is 37.0 Å². The number of carbonyl (C=O) groups is 4. The van der Waals surface area contributed by atoms with Crippen LogP contribution in [0.15, 0.2) is 194 Å². The number of unbranched alkanes of at least 4 members (excludes halogenated alkanes) is 15. The minimum atomic E-state index is -5.01. The van der Waals surface area contributed by atoms with Crippen LogP contribution >= 0.6 is 15.6 Å². The molecule has 0 saturated heterocycles. The highest BCUT2D eigenvalue weighted by Crippen LogP contribution is 2.45. The monoisotopic (exact) mass is 1520 g/mol. The SMILES string of the molecule is CC/C=C\C/C=C\C/C=C\C/C=C\C/C=C\CCCCCC(=O)OCC(COP(=O)(O)OCC(O)COP(=O)(O)OCC(COC(=O)C/C=C\C/C=C\C/C=C\C/C=C\C/C=C\CC)OC(=O)CCCCCCC/C=C\CCCCCC)OC(=O)CCCCC/C=C\C/C=C\C/C=C\C/C=C\C/C=C\CC. The van der Waals surface area contributed by atoms with Gasteiger partial charge >= 0.3 is 39.5 Å². The number of aliphatic hydroxyl groups excluding tert-OH is 1. The number of aliphatic hydroxyl groups is 1. The first-order valence-corrected chi connectivity index (χ1v) is 42.7. The van der Waals surface area contributed by atoms with E-state index >= 15 is 0 Å². The molecule has 0 rings (SSSR count). The number of phosphoric acid groups is 2. The Bertz CT molecular complexity index is 2780. The average molecular weight is 1520 g/mol. The van der Waals surface area contributed by atoms with Gasteiger partial charge in [0, 0.05) is 19.3 Å². The summed E-state index contributed by atoms with van der Waals surface area (Å²) < 4.78 is 68.4. The van der Waals surface area contributed by atoms with Gasteiger partial charge in [0.15, 0.2) is 12.2 Å². The normalized spacial score (nSPS) is 14.9. The second kappa shape index (κ2) is 77.1. The van der Waals surface area contributed by atoms with E-state index in [1.807, 2.05) is 18.2 Å². The molecule has 0 bridgehead atoms. The molecule has 0 amide bonds. The average Bonchev–Trinajstić information content (AvgIpc) is 0.903. The maximum Gasteiger partial charge on any atom is 0.472 e. The van der Waals surface area contributed by atoms with Gasteiger partial charge < -0.3 is 33.8 Å². The first kappa shape index (κ1) is 99.9. The van der Waals surface area contributed by atoms with E-state index in [2.05, 4.69) is 198 Å². The summed E-state index contributed by atoms with van der Waals surface area (Å²) in [5.41, 5.74) is 0.